The van der Waals surface area contributed by atoms with Gasteiger partial charge in [0, 0.05) is 12.0 Å². The molecule has 1 atom stereocenters. The molecule has 0 fully saturated rings. The van der Waals surface area contributed by atoms with Gasteiger partial charge in [0.1, 0.15) is 17.6 Å². The Morgan fingerprint density at radius 3 is 2.69 bits per heavy atom. The highest BCUT2D eigenvalue weighted by atomic mass is 16.5. The maximum absolute atomic E-state index is 9.40. The second-order valence-electron chi connectivity index (χ2n) is 4.01. The number of fused-ring (bicyclic) bond motifs is 1. The number of hydrogen-bond acceptors (Lipinski definition) is 2. The lowest BCUT2D eigenvalue weighted by molar-refractivity contribution is 0.238. The standard InChI is InChI=1S/C14H12O2/c15-12-6-7-13-11(8-12)9-14(16-13)10-4-2-1-3-5-10/h1-8,14-15H,9H2. The van der Waals surface area contributed by atoms with Gasteiger partial charge in [-0.1, -0.05) is 30.3 Å². The summed E-state index contributed by atoms with van der Waals surface area (Å²) in [5.74, 6) is 1.18. The van der Waals surface area contributed by atoms with Crippen molar-refractivity contribution in [3.8, 4) is 11.5 Å². The third kappa shape index (κ3) is 1.52. The van der Waals surface area contributed by atoms with Gasteiger partial charge < -0.3 is 9.84 Å². The van der Waals surface area contributed by atoms with Crippen molar-refractivity contribution in [3.63, 3.8) is 0 Å². The van der Waals surface area contributed by atoms with Crippen LogP contribution in [0.1, 0.15) is 17.2 Å². The summed E-state index contributed by atoms with van der Waals surface area (Å²) >= 11 is 0. The summed E-state index contributed by atoms with van der Waals surface area (Å²) in [6, 6.07) is 15.4. The summed E-state index contributed by atoms with van der Waals surface area (Å²) < 4.78 is 5.84. The summed E-state index contributed by atoms with van der Waals surface area (Å²) in [4.78, 5) is 0. The van der Waals surface area contributed by atoms with Crippen LogP contribution in [0.4, 0.5) is 0 Å². The molecule has 0 radical (unpaired) electrons. The largest absolute Gasteiger partial charge is 0.508 e. The van der Waals surface area contributed by atoms with E-state index in [1.165, 1.54) is 5.56 Å². The number of hydrogen-bond donors (Lipinski definition) is 1. The SMILES string of the molecule is Oc1ccc2c(c1)CC(c1ccccc1)O2. The van der Waals surface area contributed by atoms with Crippen molar-refractivity contribution in [2.45, 2.75) is 12.5 Å². The summed E-state index contributed by atoms with van der Waals surface area (Å²) in [7, 11) is 0. The Bertz CT molecular complexity index is 505. The fourth-order valence-electron chi connectivity index (χ4n) is 2.09. The average molecular weight is 212 g/mol. The zero-order chi connectivity index (χ0) is 11.0. The Kier molecular flexibility index (Phi) is 2.07. The lowest BCUT2D eigenvalue weighted by atomic mass is 10.0. The molecule has 2 aromatic carbocycles. The van der Waals surface area contributed by atoms with Crippen molar-refractivity contribution in [2.75, 3.05) is 0 Å². The van der Waals surface area contributed by atoms with Gasteiger partial charge in [0.2, 0.25) is 0 Å². The lowest BCUT2D eigenvalue weighted by Gasteiger charge is -2.10. The van der Waals surface area contributed by atoms with Gasteiger partial charge in [-0.25, -0.2) is 0 Å². The van der Waals surface area contributed by atoms with Gasteiger partial charge in [-0.3, -0.25) is 0 Å². The number of phenols is 1. The molecule has 1 N–H and O–H groups in total. The predicted molar refractivity (Wildman–Crippen MR) is 61.6 cm³/mol. The number of phenolic OH excluding ortho intramolecular Hbond substituents is 1. The van der Waals surface area contributed by atoms with Gasteiger partial charge in [0.25, 0.3) is 0 Å². The molecule has 3 rings (SSSR count). The first-order valence-electron chi connectivity index (χ1n) is 5.36. The number of aromatic hydroxyl groups is 1. The monoisotopic (exact) mass is 212 g/mol. The molecule has 80 valence electrons. The molecule has 0 saturated heterocycles. The van der Waals surface area contributed by atoms with Gasteiger partial charge in [0.05, 0.1) is 0 Å². The van der Waals surface area contributed by atoms with Crippen molar-refractivity contribution >= 4 is 0 Å². The summed E-state index contributed by atoms with van der Waals surface area (Å²) in [5.41, 5.74) is 2.26. The maximum Gasteiger partial charge on any atom is 0.128 e. The van der Waals surface area contributed by atoms with Crippen molar-refractivity contribution in [3.05, 3.63) is 59.7 Å². The van der Waals surface area contributed by atoms with E-state index >= 15 is 0 Å². The number of rotatable bonds is 1. The van der Waals surface area contributed by atoms with Crippen molar-refractivity contribution in [1.29, 1.82) is 0 Å². The quantitative estimate of drug-likeness (QED) is 0.787. The highest BCUT2D eigenvalue weighted by molar-refractivity contribution is 5.44. The van der Waals surface area contributed by atoms with Gasteiger partial charge in [-0.15, -0.1) is 0 Å². The van der Waals surface area contributed by atoms with Crippen LogP contribution < -0.4 is 4.74 Å². The van der Waals surface area contributed by atoms with Gasteiger partial charge in [0.15, 0.2) is 0 Å². The van der Waals surface area contributed by atoms with Crippen LogP contribution in [0.15, 0.2) is 48.5 Å². The van der Waals surface area contributed by atoms with E-state index in [-0.39, 0.29) is 6.10 Å². The third-order valence-electron chi connectivity index (χ3n) is 2.89. The minimum absolute atomic E-state index is 0.0815. The summed E-state index contributed by atoms with van der Waals surface area (Å²) in [5, 5.41) is 9.40. The second-order valence-corrected chi connectivity index (χ2v) is 4.01. The Hall–Kier alpha value is -1.96. The molecule has 1 aliphatic heterocycles. The molecule has 0 aromatic heterocycles. The molecule has 0 amide bonds. The second kappa shape index (κ2) is 3.56. The van der Waals surface area contributed by atoms with Crippen LogP contribution in [-0.2, 0) is 6.42 Å². The molecule has 0 aliphatic carbocycles. The van der Waals surface area contributed by atoms with E-state index < -0.39 is 0 Å². The number of ether oxygens (including phenoxy) is 1. The molecule has 1 heterocycles. The third-order valence-corrected chi connectivity index (χ3v) is 2.89. The van der Waals surface area contributed by atoms with Crippen LogP contribution in [0.5, 0.6) is 11.5 Å². The molecule has 16 heavy (non-hydrogen) atoms. The zero-order valence-corrected chi connectivity index (χ0v) is 8.76. The van der Waals surface area contributed by atoms with Crippen molar-refractivity contribution in [2.24, 2.45) is 0 Å². The van der Waals surface area contributed by atoms with E-state index in [0.717, 1.165) is 17.7 Å². The number of benzene rings is 2. The van der Waals surface area contributed by atoms with Crippen LogP contribution in [0.3, 0.4) is 0 Å². The minimum atomic E-state index is 0.0815. The van der Waals surface area contributed by atoms with Gasteiger partial charge in [-0.2, -0.15) is 0 Å². The first kappa shape index (κ1) is 9.28. The van der Waals surface area contributed by atoms with Crippen LogP contribution in [-0.4, -0.2) is 5.11 Å². The molecule has 2 heteroatoms. The Labute approximate surface area is 94.1 Å². The molecule has 2 nitrogen and oxygen atoms in total. The van der Waals surface area contributed by atoms with E-state index in [0.29, 0.717) is 5.75 Å². The molecule has 0 saturated carbocycles. The molecular formula is C14H12O2. The van der Waals surface area contributed by atoms with E-state index in [1.54, 1.807) is 12.1 Å². The first-order chi connectivity index (χ1) is 7.83. The van der Waals surface area contributed by atoms with Crippen LogP contribution in [0.25, 0.3) is 0 Å². The van der Waals surface area contributed by atoms with Crippen molar-refractivity contribution < 1.29 is 9.84 Å². The molecule has 0 spiro atoms. The zero-order valence-electron chi connectivity index (χ0n) is 8.76. The van der Waals surface area contributed by atoms with E-state index in [2.05, 4.69) is 12.1 Å². The lowest BCUT2D eigenvalue weighted by Crippen LogP contribution is -2.02. The van der Waals surface area contributed by atoms with E-state index in [9.17, 15) is 5.11 Å². The maximum atomic E-state index is 9.40. The van der Waals surface area contributed by atoms with E-state index in [4.69, 9.17) is 4.74 Å². The summed E-state index contributed by atoms with van der Waals surface area (Å²) in [6.07, 6.45) is 0.909. The minimum Gasteiger partial charge on any atom is -0.508 e. The topological polar surface area (TPSA) is 29.5 Å². The summed E-state index contributed by atoms with van der Waals surface area (Å²) in [6.45, 7) is 0. The highest BCUT2D eigenvalue weighted by Crippen LogP contribution is 2.37. The first-order valence-corrected chi connectivity index (χ1v) is 5.36. The Morgan fingerprint density at radius 2 is 1.88 bits per heavy atom. The molecule has 1 aliphatic rings. The predicted octanol–water partition coefficient (Wildman–Crippen LogP) is 3.07. The van der Waals surface area contributed by atoms with Gasteiger partial charge in [-0.05, 0) is 23.8 Å². The average Bonchev–Trinajstić information content (AvgIpc) is 2.73. The molecule has 2 aromatic rings. The molecule has 0 bridgehead atoms. The molecule has 1 unspecified atom stereocenters. The van der Waals surface area contributed by atoms with Crippen LogP contribution in [0.2, 0.25) is 0 Å². The van der Waals surface area contributed by atoms with Crippen LogP contribution >= 0.6 is 0 Å². The van der Waals surface area contributed by atoms with E-state index in [1.807, 2.05) is 24.3 Å². The van der Waals surface area contributed by atoms with Gasteiger partial charge >= 0.3 is 0 Å². The highest BCUT2D eigenvalue weighted by Gasteiger charge is 2.24. The normalized spacial score (nSPS) is 17.9. The van der Waals surface area contributed by atoms with Crippen LogP contribution in [0, 0.1) is 0 Å². The smallest absolute Gasteiger partial charge is 0.128 e. The molecular weight excluding hydrogens is 200 g/mol. The fourth-order valence-corrected chi connectivity index (χ4v) is 2.09. The Balaban J connectivity index is 1.91. The Morgan fingerprint density at radius 1 is 1.06 bits per heavy atom. The fraction of sp³-hybridized carbons (Fsp3) is 0.143. The van der Waals surface area contributed by atoms with Crippen molar-refractivity contribution in [1.82, 2.24) is 0 Å².